The van der Waals surface area contributed by atoms with E-state index in [2.05, 4.69) is 47.8 Å². The fourth-order valence-electron chi connectivity index (χ4n) is 1.30. The molecule has 4 N–H and O–H groups in total. The molecule has 0 bridgehead atoms. The molecule has 1 aromatic rings. The summed E-state index contributed by atoms with van der Waals surface area (Å²) in [6.07, 6.45) is 0. The zero-order valence-corrected chi connectivity index (χ0v) is 14.4. The first-order valence-corrected chi connectivity index (χ1v) is 7.26. The second-order valence-corrected chi connectivity index (χ2v) is 6.78. The third-order valence-corrected chi connectivity index (χ3v) is 3.23. The lowest BCUT2D eigenvalue weighted by Gasteiger charge is -2.21. The van der Waals surface area contributed by atoms with Gasteiger partial charge in [0.05, 0.1) is 5.69 Å². The zero-order chi connectivity index (χ0) is 15.5. The van der Waals surface area contributed by atoms with Crippen LogP contribution in [0.4, 0.5) is 14.9 Å². The average Bonchev–Trinajstić information content (AvgIpc) is 2.20. The van der Waals surface area contributed by atoms with Crippen molar-refractivity contribution in [3.05, 3.63) is 26.9 Å². The predicted octanol–water partition coefficient (Wildman–Crippen LogP) is 3.80. The van der Waals surface area contributed by atoms with Crippen molar-refractivity contribution in [2.45, 2.75) is 26.3 Å². The van der Waals surface area contributed by atoms with E-state index in [-0.39, 0.29) is 5.96 Å². The van der Waals surface area contributed by atoms with Crippen LogP contribution in [0.2, 0.25) is 0 Å². The molecule has 0 aromatic heterocycles. The van der Waals surface area contributed by atoms with Gasteiger partial charge < -0.3 is 10.6 Å². The van der Waals surface area contributed by atoms with Crippen LogP contribution in [0.3, 0.4) is 0 Å². The molecule has 1 aromatic carbocycles. The number of urea groups is 1. The Balaban J connectivity index is 2.70. The molecule has 0 spiro atoms. The van der Waals surface area contributed by atoms with Gasteiger partial charge >= 0.3 is 6.03 Å². The van der Waals surface area contributed by atoms with E-state index in [9.17, 15) is 9.18 Å². The van der Waals surface area contributed by atoms with E-state index in [4.69, 9.17) is 5.41 Å². The Morgan fingerprint density at radius 3 is 2.20 bits per heavy atom. The highest BCUT2D eigenvalue weighted by Crippen LogP contribution is 2.31. The number of halogens is 3. The van der Waals surface area contributed by atoms with E-state index >= 15 is 0 Å². The predicted molar refractivity (Wildman–Crippen MR) is 84.6 cm³/mol. The lowest BCUT2D eigenvalue weighted by molar-refractivity contribution is 0.236. The molecular weight excluding hydrogens is 395 g/mol. The van der Waals surface area contributed by atoms with Gasteiger partial charge in [-0.3, -0.25) is 10.7 Å². The number of amides is 2. The summed E-state index contributed by atoms with van der Waals surface area (Å²) in [5.74, 6) is -0.640. The molecular formula is C12H15Br2FN4O. The minimum Gasteiger partial charge on any atom is -0.333 e. The molecule has 1 rings (SSSR count). The fourth-order valence-corrected chi connectivity index (χ4v) is 2.63. The molecule has 20 heavy (non-hydrogen) atoms. The van der Waals surface area contributed by atoms with Crippen molar-refractivity contribution in [3.63, 3.8) is 0 Å². The van der Waals surface area contributed by atoms with Gasteiger partial charge in [0.2, 0.25) is 5.96 Å². The first-order chi connectivity index (χ1) is 9.08. The van der Waals surface area contributed by atoms with Crippen molar-refractivity contribution >= 4 is 49.5 Å². The van der Waals surface area contributed by atoms with Crippen LogP contribution in [0.25, 0.3) is 0 Å². The Kier molecular flexibility index (Phi) is 5.52. The lowest BCUT2D eigenvalue weighted by atomic mass is 10.1. The molecule has 0 saturated carbocycles. The molecule has 0 saturated heterocycles. The number of anilines is 1. The van der Waals surface area contributed by atoms with E-state index in [1.807, 2.05) is 20.8 Å². The molecule has 0 radical (unpaired) electrons. The largest absolute Gasteiger partial charge is 0.333 e. The molecule has 2 amide bonds. The van der Waals surface area contributed by atoms with Crippen molar-refractivity contribution < 1.29 is 9.18 Å². The molecule has 0 aliphatic carbocycles. The SMILES string of the molecule is CC(C)(C)NC(=O)NC(=N)Nc1c(Br)cc(F)cc1Br. The number of carbonyl (C=O) groups excluding carboxylic acids is 1. The number of nitrogens with one attached hydrogen (secondary N) is 4. The standard InChI is InChI=1S/C12H15Br2FN4O/c1-12(2,3)19-11(20)18-10(16)17-9-7(13)4-6(15)5-8(9)14/h4-5H,1-3H3,(H4,16,17,18,19,20). The zero-order valence-electron chi connectivity index (χ0n) is 11.2. The summed E-state index contributed by atoms with van der Waals surface area (Å²) in [6, 6.07) is 2.02. The van der Waals surface area contributed by atoms with Gasteiger partial charge in [-0.1, -0.05) is 0 Å². The number of benzene rings is 1. The maximum atomic E-state index is 13.1. The Labute approximate surface area is 133 Å². The van der Waals surface area contributed by atoms with Crippen molar-refractivity contribution in [2.24, 2.45) is 0 Å². The summed E-state index contributed by atoms with van der Waals surface area (Å²) in [7, 11) is 0. The van der Waals surface area contributed by atoms with E-state index in [0.717, 1.165) is 0 Å². The summed E-state index contributed by atoms with van der Waals surface area (Å²) >= 11 is 6.37. The molecule has 0 heterocycles. The van der Waals surface area contributed by atoms with Crippen LogP contribution in [0.5, 0.6) is 0 Å². The Bertz CT molecular complexity index is 520. The molecule has 110 valence electrons. The molecule has 0 aliphatic heterocycles. The fraction of sp³-hybridized carbons (Fsp3) is 0.333. The molecule has 0 atom stereocenters. The summed E-state index contributed by atoms with van der Waals surface area (Å²) in [5, 5.41) is 15.4. The topological polar surface area (TPSA) is 77.0 Å². The van der Waals surface area contributed by atoms with Gasteiger partial charge in [-0.15, -0.1) is 0 Å². The highest BCUT2D eigenvalue weighted by atomic mass is 79.9. The van der Waals surface area contributed by atoms with Crippen LogP contribution < -0.4 is 16.0 Å². The lowest BCUT2D eigenvalue weighted by Crippen LogP contribution is -2.49. The third kappa shape index (κ3) is 5.46. The van der Waals surface area contributed by atoms with Gasteiger partial charge in [0.1, 0.15) is 5.82 Å². The smallest absolute Gasteiger partial charge is 0.321 e. The maximum Gasteiger partial charge on any atom is 0.321 e. The van der Waals surface area contributed by atoms with Crippen molar-refractivity contribution in [1.82, 2.24) is 10.6 Å². The summed E-state index contributed by atoms with van der Waals surface area (Å²) in [5.41, 5.74) is 0.0500. The molecule has 0 unspecified atom stereocenters. The second kappa shape index (κ2) is 6.53. The summed E-state index contributed by atoms with van der Waals surface area (Å²) in [6.45, 7) is 5.49. The van der Waals surface area contributed by atoms with Crippen molar-refractivity contribution in [1.29, 1.82) is 5.41 Å². The van der Waals surface area contributed by atoms with E-state index in [1.54, 1.807) is 0 Å². The van der Waals surface area contributed by atoms with Crippen molar-refractivity contribution in [2.75, 3.05) is 5.32 Å². The highest BCUT2D eigenvalue weighted by molar-refractivity contribution is 9.11. The second-order valence-electron chi connectivity index (χ2n) is 5.07. The maximum absolute atomic E-state index is 13.1. The Hall–Kier alpha value is -1.15. The van der Waals surface area contributed by atoms with Crippen LogP contribution in [-0.4, -0.2) is 17.5 Å². The van der Waals surface area contributed by atoms with E-state index in [0.29, 0.717) is 14.6 Å². The normalized spacial score (nSPS) is 10.9. The number of carbonyl (C=O) groups is 1. The van der Waals surface area contributed by atoms with Crippen LogP contribution in [0.1, 0.15) is 20.8 Å². The number of hydrogen-bond donors (Lipinski definition) is 4. The number of rotatable bonds is 1. The van der Waals surface area contributed by atoms with Gasteiger partial charge in [0, 0.05) is 14.5 Å². The van der Waals surface area contributed by atoms with Gasteiger partial charge in [0.25, 0.3) is 0 Å². The summed E-state index contributed by atoms with van der Waals surface area (Å²) < 4.78 is 14.0. The Morgan fingerprint density at radius 2 is 1.75 bits per heavy atom. The summed E-state index contributed by atoms with van der Waals surface area (Å²) in [4.78, 5) is 11.6. The van der Waals surface area contributed by atoms with E-state index in [1.165, 1.54) is 12.1 Å². The van der Waals surface area contributed by atoms with Crippen LogP contribution in [-0.2, 0) is 0 Å². The van der Waals surface area contributed by atoms with Gasteiger partial charge in [-0.2, -0.15) is 0 Å². The molecule has 5 nitrogen and oxygen atoms in total. The number of guanidine groups is 1. The van der Waals surface area contributed by atoms with Gasteiger partial charge in [-0.25, -0.2) is 9.18 Å². The highest BCUT2D eigenvalue weighted by Gasteiger charge is 2.15. The molecule has 0 fully saturated rings. The molecule has 8 heteroatoms. The minimum absolute atomic E-state index is 0.222. The van der Waals surface area contributed by atoms with Crippen LogP contribution in [0, 0.1) is 11.2 Å². The van der Waals surface area contributed by atoms with Crippen molar-refractivity contribution in [3.8, 4) is 0 Å². The van der Waals surface area contributed by atoms with Gasteiger partial charge in [-0.05, 0) is 64.8 Å². The minimum atomic E-state index is -0.496. The first kappa shape index (κ1) is 16.9. The number of hydrogen-bond acceptors (Lipinski definition) is 2. The quantitative estimate of drug-likeness (QED) is 0.420. The average molecular weight is 410 g/mol. The van der Waals surface area contributed by atoms with E-state index < -0.39 is 17.4 Å². The Morgan fingerprint density at radius 1 is 1.25 bits per heavy atom. The molecule has 0 aliphatic rings. The monoisotopic (exact) mass is 408 g/mol. The van der Waals surface area contributed by atoms with Crippen LogP contribution in [0.15, 0.2) is 21.1 Å². The van der Waals surface area contributed by atoms with Gasteiger partial charge in [0.15, 0.2) is 0 Å². The third-order valence-electron chi connectivity index (χ3n) is 1.98. The first-order valence-electron chi connectivity index (χ1n) is 5.68. The van der Waals surface area contributed by atoms with Crippen LogP contribution >= 0.6 is 31.9 Å².